The first kappa shape index (κ1) is 16.5. The Morgan fingerprint density at radius 2 is 2.10 bits per heavy atom. The zero-order chi connectivity index (χ0) is 14.8. The fourth-order valence-electron chi connectivity index (χ4n) is 2.33. The van der Waals surface area contributed by atoms with Crippen LogP contribution in [0.4, 0.5) is 0 Å². The summed E-state index contributed by atoms with van der Waals surface area (Å²) >= 11 is 0. The second kappa shape index (κ2) is 9.40. The van der Waals surface area contributed by atoms with Crippen molar-refractivity contribution in [1.82, 2.24) is 0 Å². The van der Waals surface area contributed by atoms with Gasteiger partial charge in [-0.25, -0.2) is 0 Å². The van der Waals surface area contributed by atoms with Gasteiger partial charge in [-0.1, -0.05) is 30.4 Å². The minimum Gasteiger partial charge on any atom is -0.498 e. The van der Waals surface area contributed by atoms with E-state index in [4.69, 9.17) is 9.47 Å². The molecule has 0 radical (unpaired) electrons. The summed E-state index contributed by atoms with van der Waals surface area (Å²) in [6.45, 7) is 8.50. The highest BCUT2D eigenvalue weighted by atomic mass is 16.5. The van der Waals surface area contributed by atoms with E-state index < -0.39 is 0 Å². The molecule has 112 valence electrons. The summed E-state index contributed by atoms with van der Waals surface area (Å²) in [4.78, 5) is 12.0. The minimum absolute atomic E-state index is 0.219. The highest BCUT2D eigenvalue weighted by Crippen LogP contribution is 2.24. The summed E-state index contributed by atoms with van der Waals surface area (Å²) in [6.07, 6.45) is 11.4. The molecule has 1 atom stereocenters. The van der Waals surface area contributed by atoms with Gasteiger partial charge in [0.25, 0.3) is 0 Å². The van der Waals surface area contributed by atoms with Gasteiger partial charge in [-0.05, 0) is 46.0 Å². The van der Waals surface area contributed by atoms with Crippen molar-refractivity contribution in [2.75, 3.05) is 13.2 Å². The Kier molecular flexibility index (Phi) is 7.78. The molecular weight excluding hydrogens is 252 g/mol. The fraction of sp³-hybridized carbons (Fsp3) is 0.588. The second-order valence-electron chi connectivity index (χ2n) is 4.89. The van der Waals surface area contributed by atoms with E-state index >= 15 is 0 Å². The van der Waals surface area contributed by atoms with Gasteiger partial charge in [0.15, 0.2) is 0 Å². The van der Waals surface area contributed by atoms with E-state index in [1.807, 2.05) is 13.8 Å². The number of hydrogen-bond acceptors (Lipinski definition) is 3. The summed E-state index contributed by atoms with van der Waals surface area (Å²) in [5.41, 5.74) is 1.46. The predicted molar refractivity (Wildman–Crippen MR) is 81.2 cm³/mol. The van der Waals surface area contributed by atoms with Crippen LogP contribution in [-0.2, 0) is 14.3 Å². The third-order valence-corrected chi connectivity index (χ3v) is 3.38. The fourth-order valence-corrected chi connectivity index (χ4v) is 2.33. The van der Waals surface area contributed by atoms with Gasteiger partial charge in [-0.2, -0.15) is 0 Å². The molecule has 3 nitrogen and oxygen atoms in total. The molecule has 1 aliphatic rings. The van der Waals surface area contributed by atoms with Crippen LogP contribution >= 0.6 is 0 Å². The van der Waals surface area contributed by atoms with Crippen LogP contribution in [0, 0.1) is 5.92 Å². The van der Waals surface area contributed by atoms with E-state index in [9.17, 15) is 4.79 Å². The van der Waals surface area contributed by atoms with Crippen LogP contribution in [0.1, 0.15) is 46.0 Å². The number of ether oxygens (including phenoxy) is 2. The molecule has 0 bridgehead atoms. The number of carbonyl (C=O) groups excluding carboxylic acids is 1. The topological polar surface area (TPSA) is 35.5 Å². The number of hydrogen-bond donors (Lipinski definition) is 0. The maximum Gasteiger partial charge on any atom is 0.316 e. The molecule has 1 aliphatic carbocycles. The van der Waals surface area contributed by atoms with Gasteiger partial charge in [-0.15, -0.1) is 0 Å². The maximum atomic E-state index is 12.0. The van der Waals surface area contributed by atoms with E-state index in [0.717, 1.165) is 32.1 Å². The molecule has 0 saturated heterocycles. The van der Waals surface area contributed by atoms with E-state index in [1.165, 1.54) is 5.57 Å². The van der Waals surface area contributed by atoms with Crippen molar-refractivity contribution in [1.29, 1.82) is 0 Å². The Morgan fingerprint density at radius 3 is 2.70 bits per heavy atom. The molecule has 0 N–H and O–H groups in total. The van der Waals surface area contributed by atoms with Gasteiger partial charge in [0.05, 0.1) is 13.2 Å². The van der Waals surface area contributed by atoms with E-state index in [1.54, 1.807) is 0 Å². The first-order valence-corrected chi connectivity index (χ1v) is 7.51. The summed E-state index contributed by atoms with van der Waals surface area (Å²) < 4.78 is 10.5. The van der Waals surface area contributed by atoms with E-state index in [2.05, 4.69) is 24.8 Å². The second-order valence-corrected chi connectivity index (χ2v) is 4.89. The number of allylic oxidation sites excluding steroid dienone is 4. The third-order valence-electron chi connectivity index (χ3n) is 3.38. The molecule has 3 heteroatoms. The van der Waals surface area contributed by atoms with Gasteiger partial charge in [0, 0.05) is 0 Å². The Bertz CT molecular complexity index is 362. The van der Waals surface area contributed by atoms with Crippen molar-refractivity contribution in [3.8, 4) is 0 Å². The standard InChI is InChI=1S/C17H26O3/c1-4-19-14(3)16(17(18)20-5-2)13-9-12-15-10-7-6-8-11-15/h6-7,10,16H,3-5,8-9,11-13H2,1-2H3. The lowest BCUT2D eigenvalue weighted by atomic mass is 9.95. The molecule has 1 unspecified atom stereocenters. The SMILES string of the molecule is C=C(OCC)C(CCCC1=CC=CCC1)C(=O)OCC. The van der Waals surface area contributed by atoms with Crippen LogP contribution in [0.3, 0.4) is 0 Å². The van der Waals surface area contributed by atoms with Crippen LogP contribution < -0.4 is 0 Å². The molecule has 0 aromatic rings. The number of carbonyl (C=O) groups is 1. The third kappa shape index (κ3) is 5.64. The Balaban J connectivity index is 2.47. The van der Waals surface area contributed by atoms with Crippen molar-refractivity contribution in [2.45, 2.75) is 46.0 Å². The van der Waals surface area contributed by atoms with Crippen molar-refractivity contribution in [3.63, 3.8) is 0 Å². The monoisotopic (exact) mass is 278 g/mol. The molecule has 0 aromatic carbocycles. The lowest BCUT2D eigenvalue weighted by molar-refractivity contribution is -0.148. The smallest absolute Gasteiger partial charge is 0.316 e. The van der Waals surface area contributed by atoms with Crippen LogP contribution in [0.2, 0.25) is 0 Å². The summed E-state index contributed by atoms with van der Waals surface area (Å²) in [7, 11) is 0. The van der Waals surface area contributed by atoms with Crippen molar-refractivity contribution in [2.24, 2.45) is 5.92 Å². The van der Waals surface area contributed by atoms with Crippen molar-refractivity contribution < 1.29 is 14.3 Å². The first-order chi connectivity index (χ1) is 9.69. The number of esters is 1. The van der Waals surface area contributed by atoms with Gasteiger partial charge in [0.1, 0.15) is 11.7 Å². The van der Waals surface area contributed by atoms with Crippen LogP contribution in [-0.4, -0.2) is 19.2 Å². The van der Waals surface area contributed by atoms with Gasteiger partial charge < -0.3 is 9.47 Å². The average molecular weight is 278 g/mol. The van der Waals surface area contributed by atoms with E-state index in [0.29, 0.717) is 19.0 Å². The molecule has 0 spiro atoms. The molecule has 0 fully saturated rings. The highest BCUT2D eigenvalue weighted by molar-refractivity contribution is 5.75. The number of rotatable bonds is 9. The van der Waals surface area contributed by atoms with Gasteiger partial charge in [-0.3, -0.25) is 4.79 Å². The Hall–Kier alpha value is -1.51. The molecule has 1 rings (SSSR count). The molecule has 0 heterocycles. The van der Waals surface area contributed by atoms with Crippen LogP contribution in [0.25, 0.3) is 0 Å². The molecule has 0 amide bonds. The average Bonchev–Trinajstić information content (AvgIpc) is 2.45. The van der Waals surface area contributed by atoms with Crippen LogP contribution in [0.5, 0.6) is 0 Å². The molecule has 20 heavy (non-hydrogen) atoms. The van der Waals surface area contributed by atoms with Gasteiger partial charge >= 0.3 is 5.97 Å². The van der Waals surface area contributed by atoms with E-state index in [-0.39, 0.29) is 11.9 Å². The van der Waals surface area contributed by atoms with Crippen LogP contribution in [0.15, 0.2) is 36.1 Å². The quantitative estimate of drug-likeness (QED) is 0.469. The minimum atomic E-state index is -0.338. The summed E-state index contributed by atoms with van der Waals surface area (Å²) in [5, 5.41) is 0. The first-order valence-electron chi connectivity index (χ1n) is 7.51. The normalized spacial score (nSPS) is 15.4. The summed E-state index contributed by atoms with van der Waals surface area (Å²) in [5.74, 6) is -0.0263. The molecule has 0 saturated carbocycles. The lowest BCUT2D eigenvalue weighted by Crippen LogP contribution is -2.21. The largest absolute Gasteiger partial charge is 0.498 e. The summed E-state index contributed by atoms with van der Waals surface area (Å²) in [6, 6.07) is 0. The predicted octanol–water partition coefficient (Wildman–Crippen LogP) is 4.16. The zero-order valence-electron chi connectivity index (χ0n) is 12.7. The van der Waals surface area contributed by atoms with Gasteiger partial charge in [0.2, 0.25) is 0 Å². The zero-order valence-corrected chi connectivity index (χ0v) is 12.7. The molecule has 0 aromatic heterocycles. The Morgan fingerprint density at radius 1 is 1.35 bits per heavy atom. The lowest BCUT2D eigenvalue weighted by Gasteiger charge is -2.18. The molecule has 0 aliphatic heterocycles. The highest BCUT2D eigenvalue weighted by Gasteiger charge is 2.24. The Labute approximate surface area is 122 Å². The van der Waals surface area contributed by atoms with Crippen molar-refractivity contribution in [3.05, 3.63) is 36.1 Å². The maximum absolute atomic E-state index is 12.0. The van der Waals surface area contributed by atoms with Crippen molar-refractivity contribution >= 4 is 5.97 Å². The molecular formula is C17H26O3.